The van der Waals surface area contributed by atoms with Crippen LogP contribution in [0.5, 0.6) is 0 Å². The van der Waals surface area contributed by atoms with Gasteiger partial charge in [0.25, 0.3) is 11.5 Å². The van der Waals surface area contributed by atoms with Gasteiger partial charge in [0.2, 0.25) is 0 Å². The Morgan fingerprint density at radius 1 is 1.27 bits per heavy atom. The van der Waals surface area contributed by atoms with Gasteiger partial charge < -0.3 is 14.6 Å². The molecule has 1 saturated heterocycles. The summed E-state index contributed by atoms with van der Waals surface area (Å²) in [6, 6.07) is 7.77. The van der Waals surface area contributed by atoms with Gasteiger partial charge in [0, 0.05) is 43.1 Å². The monoisotopic (exact) mass is 353 g/mol. The van der Waals surface area contributed by atoms with Crippen LogP contribution >= 0.6 is 0 Å². The minimum Gasteiger partial charge on any atom is -0.391 e. The number of hydrogen-bond acceptors (Lipinski definition) is 4. The highest BCUT2D eigenvalue weighted by atomic mass is 16.3. The first-order valence-electron chi connectivity index (χ1n) is 9.13. The quantitative estimate of drug-likeness (QED) is 0.905. The van der Waals surface area contributed by atoms with Gasteiger partial charge in [-0.1, -0.05) is 6.07 Å². The van der Waals surface area contributed by atoms with Crippen molar-refractivity contribution in [2.75, 3.05) is 13.1 Å². The van der Waals surface area contributed by atoms with Gasteiger partial charge in [-0.15, -0.1) is 0 Å². The van der Waals surface area contributed by atoms with Gasteiger partial charge in [0.15, 0.2) is 0 Å². The fourth-order valence-electron chi connectivity index (χ4n) is 3.71. The van der Waals surface area contributed by atoms with Crippen molar-refractivity contribution in [3.63, 3.8) is 0 Å². The van der Waals surface area contributed by atoms with Crippen molar-refractivity contribution in [2.45, 2.75) is 38.3 Å². The fraction of sp³-hybridized carbons (Fsp3) is 0.450. The molecule has 2 aliphatic rings. The highest BCUT2D eigenvalue weighted by Crippen LogP contribution is 2.33. The molecule has 0 aromatic carbocycles. The van der Waals surface area contributed by atoms with E-state index in [2.05, 4.69) is 4.98 Å². The van der Waals surface area contributed by atoms with E-state index in [-0.39, 0.29) is 35.5 Å². The zero-order valence-corrected chi connectivity index (χ0v) is 14.8. The molecular formula is C20H23N3O3. The second-order valence-electron chi connectivity index (χ2n) is 7.38. The fourth-order valence-corrected chi connectivity index (χ4v) is 3.71. The van der Waals surface area contributed by atoms with Crippen LogP contribution in [0.15, 0.2) is 41.5 Å². The van der Waals surface area contributed by atoms with Crippen molar-refractivity contribution in [3.05, 3.63) is 63.8 Å². The maximum atomic E-state index is 13.0. The van der Waals surface area contributed by atoms with Crippen LogP contribution in [0.25, 0.3) is 0 Å². The Bertz CT molecular complexity index is 874. The number of aliphatic hydroxyl groups is 1. The van der Waals surface area contributed by atoms with Gasteiger partial charge in [-0.2, -0.15) is 0 Å². The van der Waals surface area contributed by atoms with Gasteiger partial charge in [-0.3, -0.25) is 14.6 Å². The van der Waals surface area contributed by atoms with Crippen LogP contribution in [0.3, 0.4) is 0 Å². The maximum Gasteiger partial charge on any atom is 0.263 e. The van der Waals surface area contributed by atoms with Crippen molar-refractivity contribution in [1.82, 2.24) is 14.5 Å². The van der Waals surface area contributed by atoms with Gasteiger partial charge in [0.05, 0.1) is 6.10 Å². The van der Waals surface area contributed by atoms with E-state index in [1.165, 1.54) is 0 Å². The summed E-state index contributed by atoms with van der Waals surface area (Å²) in [5.74, 6) is -0.339. The average Bonchev–Trinajstić information content (AvgIpc) is 3.40. The summed E-state index contributed by atoms with van der Waals surface area (Å²) in [6.45, 7) is 2.49. The van der Waals surface area contributed by atoms with Crippen molar-refractivity contribution in [1.29, 1.82) is 0 Å². The molecule has 0 spiro atoms. The molecule has 2 aromatic heterocycles. The summed E-state index contributed by atoms with van der Waals surface area (Å²) in [6.07, 6.45) is 5.51. The molecule has 0 bridgehead atoms. The Balaban J connectivity index is 1.54. The number of hydrogen-bond donors (Lipinski definition) is 1. The first kappa shape index (κ1) is 17.0. The topological polar surface area (TPSA) is 75.4 Å². The van der Waals surface area contributed by atoms with Gasteiger partial charge in [-0.05, 0) is 49.9 Å². The third-order valence-corrected chi connectivity index (χ3v) is 5.37. The van der Waals surface area contributed by atoms with E-state index in [1.54, 1.807) is 28.8 Å². The van der Waals surface area contributed by atoms with Crippen LogP contribution in [0.2, 0.25) is 0 Å². The number of likely N-dealkylation sites (tertiary alicyclic amines) is 1. The van der Waals surface area contributed by atoms with Crippen LogP contribution in [-0.2, 0) is 6.42 Å². The molecule has 1 aliphatic heterocycles. The van der Waals surface area contributed by atoms with Crippen molar-refractivity contribution in [3.8, 4) is 0 Å². The molecule has 1 N–H and O–H groups in total. The molecule has 2 aromatic rings. The summed E-state index contributed by atoms with van der Waals surface area (Å²) in [5.41, 5.74) is 1.63. The number of pyridine rings is 2. The molecule has 4 rings (SSSR count). The van der Waals surface area contributed by atoms with E-state index >= 15 is 0 Å². The van der Waals surface area contributed by atoms with Crippen molar-refractivity contribution in [2.24, 2.45) is 5.92 Å². The van der Waals surface area contributed by atoms with Crippen LogP contribution in [0, 0.1) is 12.8 Å². The molecule has 0 radical (unpaired) electrons. The predicted octanol–water partition coefficient (Wildman–Crippen LogP) is 1.56. The van der Waals surface area contributed by atoms with Crippen LogP contribution in [0.4, 0.5) is 0 Å². The Morgan fingerprint density at radius 2 is 2.08 bits per heavy atom. The maximum absolute atomic E-state index is 13.0. The minimum absolute atomic E-state index is 0.0662. The van der Waals surface area contributed by atoms with Crippen molar-refractivity contribution >= 4 is 5.91 Å². The third-order valence-electron chi connectivity index (χ3n) is 5.37. The van der Waals surface area contributed by atoms with Crippen LogP contribution < -0.4 is 5.56 Å². The zero-order valence-electron chi connectivity index (χ0n) is 14.8. The molecule has 3 heterocycles. The van der Waals surface area contributed by atoms with Crippen LogP contribution in [-0.4, -0.2) is 44.7 Å². The second-order valence-corrected chi connectivity index (χ2v) is 7.38. The highest BCUT2D eigenvalue weighted by molar-refractivity contribution is 5.95. The molecule has 6 nitrogen and oxygen atoms in total. The first-order valence-corrected chi connectivity index (χ1v) is 9.13. The van der Waals surface area contributed by atoms with Gasteiger partial charge in [0.1, 0.15) is 5.56 Å². The lowest BCUT2D eigenvalue weighted by Crippen LogP contribution is -2.36. The van der Waals surface area contributed by atoms with E-state index in [9.17, 15) is 14.7 Å². The van der Waals surface area contributed by atoms with Gasteiger partial charge in [-0.25, -0.2) is 0 Å². The summed E-state index contributed by atoms with van der Waals surface area (Å²) in [4.78, 5) is 31.7. The third kappa shape index (κ3) is 3.17. The Labute approximate surface area is 152 Å². The van der Waals surface area contributed by atoms with E-state index in [4.69, 9.17) is 0 Å². The molecule has 0 unspecified atom stereocenters. The number of carbonyl (C=O) groups excluding carboxylic acids is 1. The van der Waals surface area contributed by atoms with Crippen LogP contribution in [0.1, 0.15) is 40.5 Å². The molecule has 1 aliphatic carbocycles. The standard InChI is InChI=1S/C20H23N3O3/c1-13-7-9-23(16-5-6-16)20(26)18(13)19(25)22-11-14(17(24)12-22)10-15-4-2-3-8-21-15/h2-4,7-9,14,16-17,24H,5-6,10-12H2,1H3/t14-,17-/m1/s1. The number of nitrogens with zero attached hydrogens (tertiary/aromatic N) is 3. The number of carbonyl (C=O) groups is 1. The molecule has 136 valence electrons. The lowest BCUT2D eigenvalue weighted by Gasteiger charge is -2.18. The van der Waals surface area contributed by atoms with Crippen molar-refractivity contribution < 1.29 is 9.90 Å². The molecular weight excluding hydrogens is 330 g/mol. The molecule has 6 heteroatoms. The largest absolute Gasteiger partial charge is 0.391 e. The normalized spacial score (nSPS) is 22.6. The average molecular weight is 353 g/mol. The first-order chi connectivity index (χ1) is 12.5. The lowest BCUT2D eigenvalue weighted by molar-refractivity contribution is 0.0761. The lowest BCUT2D eigenvalue weighted by atomic mass is 10.00. The van der Waals surface area contributed by atoms with E-state index in [0.717, 1.165) is 18.5 Å². The van der Waals surface area contributed by atoms with E-state index in [0.29, 0.717) is 18.5 Å². The SMILES string of the molecule is Cc1ccn(C2CC2)c(=O)c1C(=O)N1C[C@@H](Cc2ccccn2)[C@H](O)C1. The molecule has 2 atom stereocenters. The number of aliphatic hydroxyl groups excluding tert-OH is 1. The molecule has 2 fully saturated rings. The number of rotatable bonds is 4. The molecule has 26 heavy (non-hydrogen) atoms. The number of β-amino-alcohol motifs (C(OH)–C–C–N with tert-alkyl or cyclic N) is 1. The summed E-state index contributed by atoms with van der Waals surface area (Å²) in [7, 11) is 0. The minimum atomic E-state index is -0.601. The molecule has 1 saturated carbocycles. The zero-order chi connectivity index (χ0) is 18.3. The van der Waals surface area contributed by atoms with E-state index < -0.39 is 6.10 Å². The summed E-state index contributed by atoms with van der Waals surface area (Å²) < 4.78 is 1.68. The smallest absolute Gasteiger partial charge is 0.263 e. The number of aromatic nitrogens is 2. The highest BCUT2D eigenvalue weighted by Gasteiger charge is 2.36. The van der Waals surface area contributed by atoms with Gasteiger partial charge >= 0.3 is 0 Å². The Kier molecular flexibility index (Phi) is 4.36. The summed E-state index contributed by atoms with van der Waals surface area (Å²) >= 11 is 0. The molecule has 1 amide bonds. The second kappa shape index (κ2) is 6.68. The number of amides is 1. The summed E-state index contributed by atoms with van der Waals surface area (Å²) in [5, 5.41) is 10.4. The van der Waals surface area contributed by atoms with E-state index in [1.807, 2.05) is 24.3 Å². The Morgan fingerprint density at radius 3 is 2.77 bits per heavy atom. The number of aryl methyl sites for hydroxylation is 1. The predicted molar refractivity (Wildman–Crippen MR) is 97.1 cm³/mol. The Hall–Kier alpha value is -2.47.